The van der Waals surface area contributed by atoms with Crippen molar-refractivity contribution in [2.75, 3.05) is 26.8 Å². The van der Waals surface area contributed by atoms with Crippen molar-refractivity contribution in [2.24, 2.45) is 0 Å². The lowest BCUT2D eigenvalue weighted by molar-refractivity contribution is -0.137. The highest BCUT2D eigenvalue weighted by molar-refractivity contribution is 5.96. The van der Waals surface area contributed by atoms with E-state index in [0.29, 0.717) is 5.56 Å². The first kappa shape index (κ1) is 17.7. The number of aryl methyl sites for hydroxylation is 2. The van der Waals surface area contributed by atoms with Gasteiger partial charge in [-0.15, -0.1) is 0 Å². The first-order chi connectivity index (χ1) is 11.4. The van der Waals surface area contributed by atoms with Crippen molar-refractivity contribution < 1.29 is 19.4 Å². The predicted octanol–water partition coefficient (Wildman–Crippen LogP) is 1.66. The Kier molecular flexibility index (Phi) is 5.70. The summed E-state index contributed by atoms with van der Waals surface area (Å²) in [7, 11) is 1.51. The zero-order valence-electron chi connectivity index (χ0n) is 14.0. The van der Waals surface area contributed by atoms with Gasteiger partial charge in [0.15, 0.2) is 0 Å². The molecule has 0 spiro atoms. The summed E-state index contributed by atoms with van der Waals surface area (Å²) >= 11 is 0. The standard InChI is InChI=1S/C17H21N3O4/c1-12-10-13(2)20(18-12)15-6-4-14(5-7-15)17(23)19(8-9-24-3)11-16(21)22/h4-7,10H,8-9,11H2,1-3H3,(H,21,22). The summed E-state index contributed by atoms with van der Waals surface area (Å²) in [6.45, 7) is 4.02. The van der Waals surface area contributed by atoms with Gasteiger partial charge in [-0.05, 0) is 44.2 Å². The maximum atomic E-state index is 12.5. The van der Waals surface area contributed by atoms with Crippen LogP contribution in [0.3, 0.4) is 0 Å². The number of rotatable bonds is 7. The highest BCUT2D eigenvalue weighted by Gasteiger charge is 2.18. The van der Waals surface area contributed by atoms with E-state index in [1.165, 1.54) is 12.0 Å². The quantitative estimate of drug-likeness (QED) is 0.834. The number of benzene rings is 1. The van der Waals surface area contributed by atoms with Gasteiger partial charge in [-0.3, -0.25) is 9.59 Å². The van der Waals surface area contributed by atoms with Crippen LogP contribution in [0.5, 0.6) is 0 Å². The van der Waals surface area contributed by atoms with E-state index < -0.39 is 5.97 Å². The fraction of sp³-hybridized carbons (Fsp3) is 0.353. The largest absolute Gasteiger partial charge is 0.480 e. The van der Waals surface area contributed by atoms with Crippen LogP contribution in [0, 0.1) is 13.8 Å². The van der Waals surface area contributed by atoms with Gasteiger partial charge in [0.25, 0.3) is 5.91 Å². The number of hydrogen-bond donors (Lipinski definition) is 1. The molecule has 1 heterocycles. The fourth-order valence-electron chi connectivity index (χ4n) is 2.44. The molecule has 0 unspecified atom stereocenters. The van der Waals surface area contributed by atoms with Crippen LogP contribution in [0.25, 0.3) is 5.69 Å². The fourth-order valence-corrected chi connectivity index (χ4v) is 2.44. The van der Waals surface area contributed by atoms with Gasteiger partial charge in [-0.2, -0.15) is 5.10 Å². The molecule has 0 fully saturated rings. The highest BCUT2D eigenvalue weighted by atomic mass is 16.5. The van der Waals surface area contributed by atoms with Gasteiger partial charge < -0.3 is 14.7 Å². The molecule has 7 heteroatoms. The topological polar surface area (TPSA) is 84.7 Å². The SMILES string of the molecule is COCCN(CC(=O)O)C(=O)c1ccc(-n2nc(C)cc2C)cc1. The summed E-state index contributed by atoms with van der Waals surface area (Å²) in [5.74, 6) is -1.40. The van der Waals surface area contributed by atoms with Crippen molar-refractivity contribution in [1.82, 2.24) is 14.7 Å². The molecule has 0 atom stereocenters. The normalized spacial score (nSPS) is 10.6. The van der Waals surface area contributed by atoms with Crippen LogP contribution in [-0.2, 0) is 9.53 Å². The van der Waals surface area contributed by atoms with E-state index in [2.05, 4.69) is 5.10 Å². The monoisotopic (exact) mass is 331 g/mol. The molecule has 1 aromatic carbocycles. The molecule has 0 aliphatic carbocycles. The number of hydrogen-bond acceptors (Lipinski definition) is 4. The zero-order chi connectivity index (χ0) is 17.7. The molecular formula is C17H21N3O4. The Morgan fingerprint density at radius 3 is 2.42 bits per heavy atom. The van der Waals surface area contributed by atoms with E-state index in [4.69, 9.17) is 9.84 Å². The molecule has 0 saturated heterocycles. The van der Waals surface area contributed by atoms with Crippen molar-refractivity contribution in [3.05, 3.63) is 47.3 Å². The first-order valence-corrected chi connectivity index (χ1v) is 7.56. The highest BCUT2D eigenvalue weighted by Crippen LogP contribution is 2.14. The van der Waals surface area contributed by atoms with E-state index >= 15 is 0 Å². The third-order valence-electron chi connectivity index (χ3n) is 3.55. The summed E-state index contributed by atoms with van der Waals surface area (Å²) in [5, 5.41) is 13.4. The van der Waals surface area contributed by atoms with E-state index in [0.717, 1.165) is 17.1 Å². The minimum absolute atomic E-state index is 0.223. The van der Waals surface area contributed by atoms with Crippen LogP contribution < -0.4 is 0 Å². The molecular weight excluding hydrogens is 310 g/mol. The Morgan fingerprint density at radius 1 is 1.25 bits per heavy atom. The van der Waals surface area contributed by atoms with Crippen molar-refractivity contribution in [1.29, 1.82) is 0 Å². The molecule has 0 saturated carbocycles. The number of nitrogens with zero attached hydrogens (tertiary/aromatic N) is 3. The van der Waals surface area contributed by atoms with Gasteiger partial charge in [0.05, 0.1) is 18.0 Å². The Hall–Kier alpha value is -2.67. The number of carbonyl (C=O) groups excluding carboxylic acids is 1. The molecule has 0 radical (unpaired) electrons. The van der Waals surface area contributed by atoms with Gasteiger partial charge in [0.2, 0.25) is 0 Å². The molecule has 2 aromatic rings. The molecule has 1 aromatic heterocycles. The van der Waals surface area contributed by atoms with Crippen LogP contribution in [0.4, 0.5) is 0 Å². The van der Waals surface area contributed by atoms with E-state index in [1.807, 2.05) is 19.9 Å². The van der Waals surface area contributed by atoms with Crippen molar-refractivity contribution in [3.8, 4) is 5.69 Å². The van der Waals surface area contributed by atoms with Gasteiger partial charge in [-0.25, -0.2) is 4.68 Å². The third-order valence-corrected chi connectivity index (χ3v) is 3.55. The van der Waals surface area contributed by atoms with Gasteiger partial charge in [0.1, 0.15) is 6.54 Å². The molecule has 24 heavy (non-hydrogen) atoms. The first-order valence-electron chi connectivity index (χ1n) is 7.56. The van der Waals surface area contributed by atoms with Crippen LogP contribution in [0.1, 0.15) is 21.7 Å². The molecule has 0 aliphatic heterocycles. The number of carboxylic acid groups (broad SMARTS) is 1. The summed E-state index contributed by atoms with van der Waals surface area (Å²) in [5.41, 5.74) is 3.19. The Labute approximate surface area is 140 Å². The Morgan fingerprint density at radius 2 is 1.92 bits per heavy atom. The van der Waals surface area contributed by atoms with Crippen LogP contribution >= 0.6 is 0 Å². The minimum atomic E-state index is -1.06. The van der Waals surface area contributed by atoms with E-state index in [9.17, 15) is 9.59 Å². The summed E-state index contributed by atoms with van der Waals surface area (Å²) in [6, 6.07) is 8.91. The second-order valence-electron chi connectivity index (χ2n) is 5.50. The summed E-state index contributed by atoms with van der Waals surface area (Å²) < 4.78 is 6.73. The molecule has 1 amide bonds. The average molecular weight is 331 g/mol. The second-order valence-corrected chi connectivity index (χ2v) is 5.50. The van der Waals surface area contributed by atoms with Gasteiger partial charge in [-0.1, -0.05) is 0 Å². The van der Waals surface area contributed by atoms with Crippen LogP contribution in [0.15, 0.2) is 30.3 Å². The second kappa shape index (κ2) is 7.74. The number of carboxylic acids is 1. The maximum Gasteiger partial charge on any atom is 0.323 e. The van der Waals surface area contributed by atoms with E-state index in [-0.39, 0.29) is 25.6 Å². The lowest BCUT2D eigenvalue weighted by Gasteiger charge is -2.20. The maximum absolute atomic E-state index is 12.5. The van der Waals surface area contributed by atoms with E-state index in [1.54, 1.807) is 28.9 Å². The lowest BCUT2D eigenvalue weighted by Crippen LogP contribution is -2.38. The Bertz CT molecular complexity index is 722. The third kappa shape index (κ3) is 4.20. The van der Waals surface area contributed by atoms with Crippen molar-refractivity contribution in [2.45, 2.75) is 13.8 Å². The molecule has 0 aliphatic rings. The summed E-state index contributed by atoms with van der Waals surface area (Å²) in [6.07, 6.45) is 0. The minimum Gasteiger partial charge on any atom is -0.480 e. The molecule has 7 nitrogen and oxygen atoms in total. The Balaban J connectivity index is 2.20. The summed E-state index contributed by atoms with van der Waals surface area (Å²) in [4.78, 5) is 24.7. The number of carbonyl (C=O) groups is 2. The van der Waals surface area contributed by atoms with Gasteiger partial charge in [0, 0.05) is 24.9 Å². The smallest absolute Gasteiger partial charge is 0.323 e. The van der Waals surface area contributed by atoms with Crippen LogP contribution in [-0.4, -0.2) is 58.5 Å². The lowest BCUT2D eigenvalue weighted by atomic mass is 10.1. The van der Waals surface area contributed by atoms with Crippen LogP contribution in [0.2, 0.25) is 0 Å². The molecule has 1 N–H and O–H groups in total. The van der Waals surface area contributed by atoms with Gasteiger partial charge >= 0.3 is 5.97 Å². The number of amides is 1. The zero-order valence-corrected chi connectivity index (χ0v) is 14.0. The molecule has 0 bridgehead atoms. The number of aliphatic carboxylic acids is 1. The average Bonchev–Trinajstić information content (AvgIpc) is 2.89. The number of ether oxygens (including phenoxy) is 1. The van der Waals surface area contributed by atoms with Crippen molar-refractivity contribution in [3.63, 3.8) is 0 Å². The molecule has 128 valence electrons. The van der Waals surface area contributed by atoms with Crippen molar-refractivity contribution >= 4 is 11.9 Å². The number of methoxy groups -OCH3 is 1. The number of aromatic nitrogens is 2. The predicted molar refractivity (Wildman–Crippen MR) is 88.5 cm³/mol. The molecule has 2 rings (SSSR count).